The number of ether oxygens (including phenoxy) is 3. The van der Waals surface area contributed by atoms with E-state index >= 15 is 0 Å². The van der Waals surface area contributed by atoms with Crippen LogP contribution < -0.4 is 14.2 Å². The Bertz CT molecular complexity index is 840. The Balaban J connectivity index is 1.89. The zero-order chi connectivity index (χ0) is 17.6. The number of aromatic nitrogens is 2. The van der Waals surface area contributed by atoms with Crippen LogP contribution in [-0.2, 0) is 6.42 Å². The number of rotatable bonds is 7. The molecule has 3 aromatic rings. The fraction of sp³-hybridized carbons (Fsp3) is 0.300. The van der Waals surface area contributed by atoms with E-state index in [0.29, 0.717) is 30.9 Å². The third-order valence-corrected chi connectivity index (χ3v) is 3.77. The van der Waals surface area contributed by atoms with Crippen LogP contribution in [0.2, 0.25) is 0 Å². The summed E-state index contributed by atoms with van der Waals surface area (Å²) in [4.78, 5) is 8.80. The number of nitrogens with zero attached hydrogens (tertiary/aromatic N) is 2. The van der Waals surface area contributed by atoms with Gasteiger partial charge in [-0.1, -0.05) is 6.07 Å². The van der Waals surface area contributed by atoms with Gasteiger partial charge in [0.05, 0.1) is 25.8 Å². The summed E-state index contributed by atoms with van der Waals surface area (Å²) in [5.41, 5.74) is 3.21. The Morgan fingerprint density at radius 2 is 1.48 bits per heavy atom. The van der Waals surface area contributed by atoms with Crippen molar-refractivity contribution in [1.82, 2.24) is 9.97 Å². The molecule has 0 fully saturated rings. The molecule has 0 N–H and O–H groups in total. The first-order valence-corrected chi connectivity index (χ1v) is 8.42. The largest absolute Gasteiger partial charge is 0.481 e. The van der Waals surface area contributed by atoms with Gasteiger partial charge in [0.25, 0.3) is 0 Å². The summed E-state index contributed by atoms with van der Waals surface area (Å²) in [5.74, 6) is 1.81. The fourth-order valence-corrected chi connectivity index (χ4v) is 2.69. The van der Waals surface area contributed by atoms with Gasteiger partial charge >= 0.3 is 0 Å². The molecule has 0 unspecified atom stereocenters. The Morgan fingerprint density at radius 1 is 0.760 bits per heavy atom. The van der Waals surface area contributed by atoms with E-state index in [1.807, 2.05) is 44.2 Å². The third kappa shape index (κ3) is 4.18. The molecule has 5 heteroatoms. The maximum Gasteiger partial charge on any atom is 0.216 e. The fourth-order valence-electron chi connectivity index (χ4n) is 2.69. The second kappa shape index (κ2) is 7.83. The van der Waals surface area contributed by atoms with E-state index in [4.69, 9.17) is 14.2 Å². The second-order valence-electron chi connectivity index (χ2n) is 5.58. The number of benzene rings is 1. The lowest BCUT2D eigenvalue weighted by molar-refractivity contribution is 0.298. The summed E-state index contributed by atoms with van der Waals surface area (Å²) >= 11 is 0. The molecule has 0 spiro atoms. The Morgan fingerprint density at radius 3 is 2.12 bits per heavy atom. The zero-order valence-corrected chi connectivity index (χ0v) is 14.8. The average molecular weight is 338 g/mol. The molecule has 3 rings (SSSR count). The lowest BCUT2D eigenvalue weighted by Gasteiger charge is -2.10. The molecule has 2 aromatic heterocycles. The van der Waals surface area contributed by atoms with Crippen molar-refractivity contribution in [3.63, 3.8) is 0 Å². The van der Waals surface area contributed by atoms with Gasteiger partial charge in [-0.05, 0) is 49.6 Å². The Hall–Kier alpha value is -2.82. The van der Waals surface area contributed by atoms with Crippen LogP contribution in [0.5, 0.6) is 17.6 Å². The van der Waals surface area contributed by atoms with Gasteiger partial charge in [-0.2, -0.15) is 4.98 Å². The molecule has 0 aliphatic rings. The highest BCUT2D eigenvalue weighted by molar-refractivity contribution is 5.79. The molecule has 2 heterocycles. The molecular weight excluding hydrogens is 316 g/mol. The van der Waals surface area contributed by atoms with Crippen LogP contribution in [0.4, 0.5) is 0 Å². The topological polar surface area (TPSA) is 53.5 Å². The molecule has 0 saturated heterocycles. The van der Waals surface area contributed by atoms with Crippen molar-refractivity contribution in [3.8, 4) is 17.6 Å². The summed E-state index contributed by atoms with van der Waals surface area (Å²) in [7, 11) is 1.62. The van der Waals surface area contributed by atoms with E-state index in [0.717, 1.165) is 22.9 Å². The minimum Gasteiger partial charge on any atom is -0.481 e. The lowest BCUT2D eigenvalue weighted by Crippen LogP contribution is -2.01. The molecule has 25 heavy (non-hydrogen) atoms. The molecule has 0 saturated carbocycles. The van der Waals surface area contributed by atoms with E-state index in [1.54, 1.807) is 7.11 Å². The standard InChI is InChI=1S/C20H22N2O3/c1-4-24-19-12-15(13-20(22-19)25-5-2)10-14-6-8-17-16(11-14)7-9-18(21-17)23-3/h6-9,11-13H,4-5,10H2,1-3H3. The first kappa shape index (κ1) is 17.0. The SMILES string of the molecule is CCOc1cc(Cc2ccc3nc(OC)ccc3c2)cc(OCC)n1. The van der Waals surface area contributed by atoms with Crippen molar-refractivity contribution in [2.24, 2.45) is 0 Å². The molecule has 0 aliphatic carbocycles. The third-order valence-electron chi connectivity index (χ3n) is 3.77. The molecule has 0 aliphatic heterocycles. The summed E-state index contributed by atoms with van der Waals surface area (Å²) in [6, 6.07) is 14.1. The highest BCUT2D eigenvalue weighted by Crippen LogP contribution is 2.23. The highest BCUT2D eigenvalue weighted by Gasteiger charge is 2.07. The van der Waals surface area contributed by atoms with Crippen molar-refractivity contribution in [2.45, 2.75) is 20.3 Å². The van der Waals surface area contributed by atoms with Gasteiger partial charge in [-0.25, -0.2) is 4.98 Å². The molecule has 0 bridgehead atoms. The quantitative estimate of drug-likeness (QED) is 0.651. The molecule has 0 amide bonds. The van der Waals surface area contributed by atoms with E-state index in [9.17, 15) is 0 Å². The van der Waals surface area contributed by atoms with Crippen LogP contribution in [-0.4, -0.2) is 30.3 Å². The predicted molar refractivity (Wildman–Crippen MR) is 97.7 cm³/mol. The number of pyridine rings is 2. The number of hydrogen-bond donors (Lipinski definition) is 0. The smallest absolute Gasteiger partial charge is 0.216 e. The number of hydrogen-bond acceptors (Lipinski definition) is 5. The van der Waals surface area contributed by atoms with E-state index in [-0.39, 0.29) is 0 Å². The molecule has 5 nitrogen and oxygen atoms in total. The van der Waals surface area contributed by atoms with Crippen molar-refractivity contribution >= 4 is 10.9 Å². The Labute approximate surface area is 147 Å². The van der Waals surface area contributed by atoms with E-state index in [1.165, 1.54) is 5.56 Å². The van der Waals surface area contributed by atoms with Crippen LogP contribution in [0.3, 0.4) is 0 Å². The molecular formula is C20H22N2O3. The predicted octanol–water partition coefficient (Wildman–Crippen LogP) is 4.03. The number of fused-ring (bicyclic) bond motifs is 1. The van der Waals surface area contributed by atoms with E-state index < -0.39 is 0 Å². The molecule has 130 valence electrons. The van der Waals surface area contributed by atoms with Crippen molar-refractivity contribution in [2.75, 3.05) is 20.3 Å². The summed E-state index contributed by atoms with van der Waals surface area (Å²) < 4.78 is 16.3. The average Bonchev–Trinajstić information content (AvgIpc) is 2.61. The van der Waals surface area contributed by atoms with Gasteiger partial charge in [-0.15, -0.1) is 0 Å². The lowest BCUT2D eigenvalue weighted by atomic mass is 10.0. The summed E-state index contributed by atoms with van der Waals surface area (Å²) in [6.45, 7) is 5.04. The van der Waals surface area contributed by atoms with Crippen molar-refractivity contribution < 1.29 is 14.2 Å². The van der Waals surface area contributed by atoms with Crippen LogP contribution in [0, 0.1) is 0 Å². The molecule has 0 atom stereocenters. The summed E-state index contributed by atoms with van der Waals surface area (Å²) in [5, 5.41) is 1.09. The van der Waals surface area contributed by atoms with Gasteiger partial charge in [0.1, 0.15) is 0 Å². The van der Waals surface area contributed by atoms with Crippen LogP contribution in [0.15, 0.2) is 42.5 Å². The van der Waals surface area contributed by atoms with Gasteiger partial charge in [-0.3, -0.25) is 0 Å². The van der Waals surface area contributed by atoms with Crippen LogP contribution >= 0.6 is 0 Å². The van der Waals surface area contributed by atoms with Gasteiger partial charge in [0.2, 0.25) is 17.6 Å². The monoisotopic (exact) mass is 338 g/mol. The van der Waals surface area contributed by atoms with Gasteiger partial charge in [0, 0.05) is 23.6 Å². The van der Waals surface area contributed by atoms with Crippen molar-refractivity contribution in [1.29, 1.82) is 0 Å². The maximum absolute atomic E-state index is 5.55. The first-order chi connectivity index (χ1) is 12.2. The number of methoxy groups -OCH3 is 1. The summed E-state index contributed by atoms with van der Waals surface area (Å²) in [6.07, 6.45) is 0.768. The minimum atomic E-state index is 0.575. The first-order valence-electron chi connectivity index (χ1n) is 8.42. The highest BCUT2D eigenvalue weighted by atomic mass is 16.5. The second-order valence-corrected chi connectivity index (χ2v) is 5.58. The van der Waals surface area contributed by atoms with Crippen LogP contribution in [0.25, 0.3) is 10.9 Å². The Kier molecular flexibility index (Phi) is 5.33. The molecule has 1 aromatic carbocycles. The van der Waals surface area contributed by atoms with Gasteiger partial charge in [0.15, 0.2) is 0 Å². The minimum absolute atomic E-state index is 0.575. The van der Waals surface area contributed by atoms with E-state index in [2.05, 4.69) is 22.1 Å². The maximum atomic E-state index is 5.55. The van der Waals surface area contributed by atoms with Gasteiger partial charge < -0.3 is 14.2 Å². The van der Waals surface area contributed by atoms with Crippen molar-refractivity contribution in [3.05, 3.63) is 53.6 Å². The molecule has 0 radical (unpaired) electrons. The normalized spacial score (nSPS) is 10.7. The zero-order valence-electron chi connectivity index (χ0n) is 14.8. The van der Waals surface area contributed by atoms with Crippen LogP contribution in [0.1, 0.15) is 25.0 Å².